The normalized spacial score (nSPS) is 44.6. The van der Waals surface area contributed by atoms with Crippen LogP contribution in [-0.2, 0) is 0 Å². The van der Waals surface area contributed by atoms with E-state index in [4.69, 9.17) is 0 Å². The van der Waals surface area contributed by atoms with Gasteiger partial charge >= 0.3 is 0 Å². The maximum Gasteiger partial charge on any atom is 0.0462 e. The number of fused-ring (bicyclic) bond motifs is 2. The van der Waals surface area contributed by atoms with E-state index in [0.29, 0.717) is 12.5 Å². The molecule has 0 saturated heterocycles. The van der Waals surface area contributed by atoms with Gasteiger partial charge in [-0.25, -0.2) is 0 Å². The van der Waals surface area contributed by atoms with Crippen LogP contribution >= 0.6 is 0 Å². The van der Waals surface area contributed by atoms with Crippen LogP contribution in [0.1, 0.15) is 44.9 Å². The third kappa shape index (κ3) is 2.53. The first kappa shape index (κ1) is 12.0. The average molecular weight is 237 g/mol. The van der Waals surface area contributed by atoms with E-state index in [1.54, 1.807) is 0 Å². The Bertz CT molecular complexity index is 249. The number of hydrogen-bond acceptors (Lipinski definition) is 2. The summed E-state index contributed by atoms with van der Waals surface area (Å²) in [6.07, 6.45) is 9.93. The predicted molar refractivity (Wildman–Crippen MR) is 69.7 cm³/mol. The summed E-state index contributed by atoms with van der Waals surface area (Å²) < 4.78 is 0. The largest absolute Gasteiger partial charge is 0.396 e. The zero-order valence-corrected chi connectivity index (χ0v) is 10.9. The number of aliphatic hydroxyl groups is 1. The van der Waals surface area contributed by atoms with Crippen LogP contribution in [0.5, 0.6) is 0 Å². The highest BCUT2D eigenvalue weighted by Gasteiger charge is 2.39. The molecule has 0 spiro atoms. The Morgan fingerprint density at radius 3 is 2.41 bits per heavy atom. The van der Waals surface area contributed by atoms with E-state index in [9.17, 15) is 5.11 Å². The van der Waals surface area contributed by atoms with E-state index in [1.165, 1.54) is 51.5 Å². The first-order chi connectivity index (χ1) is 8.36. The summed E-state index contributed by atoms with van der Waals surface area (Å²) in [6.45, 7) is 2.80. The van der Waals surface area contributed by atoms with Gasteiger partial charge in [-0.05, 0) is 74.8 Å². The summed E-state index contributed by atoms with van der Waals surface area (Å²) in [6, 6.07) is 0. The van der Waals surface area contributed by atoms with E-state index in [0.717, 1.165) is 30.2 Å². The molecule has 3 fully saturated rings. The molecule has 2 heteroatoms. The van der Waals surface area contributed by atoms with Crippen molar-refractivity contribution in [3.63, 3.8) is 0 Å². The lowest BCUT2D eigenvalue weighted by atomic mass is 9.88. The lowest BCUT2D eigenvalue weighted by Crippen LogP contribution is -2.32. The van der Waals surface area contributed by atoms with Gasteiger partial charge in [0.15, 0.2) is 0 Å². The Kier molecular flexibility index (Phi) is 3.72. The van der Waals surface area contributed by atoms with Crippen molar-refractivity contribution in [2.24, 2.45) is 29.6 Å². The van der Waals surface area contributed by atoms with E-state index in [1.807, 2.05) is 0 Å². The third-order valence-corrected chi connectivity index (χ3v) is 5.75. The summed E-state index contributed by atoms with van der Waals surface area (Å²) in [7, 11) is 0. The molecular formula is C15H27NO. The predicted octanol–water partition coefficient (Wildman–Crippen LogP) is 2.42. The summed E-state index contributed by atoms with van der Waals surface area (Å²) in [5, 5.41) is 13.0. The molecule has 2 nitrogen and oxygen atoms in total. The molecule has 17 heavy (non-hydrogen) atoms. The molecule has 5 unspecified atom stereocenters. The lowest BCUT2D eigenvalue weighted by molar-refractivity contribution is 0.190. The highest BCUT2D eigenvalue weighted by molar-refractivity contribution is 4.91. The second-order valence-electron chi connectivity index (χ2n) is 6.73. The molecule has 0 radical (unpaired) electrons. The smallest absolute Gasteiger partial charge is 0.0462 e. The van der Waals surface area contributed by atoms with Gasteiger partial charge in [0.05, 0.1) is 0 Å². The van der Waals surface area contributed by atoms with Crippen molar-refractivity contribution in [2.75, 3.05) is 19.7 Å². The van der Waals surface area contributed by atoms with Crippen LogP contribution in [0.25, 0.3) is 0 Å². The molecule has 0 heterocycles. The maximum absolute atomic E-state index is 9.31. The molecule has 3 saturated carbocycles. The molecule has 0 aromatic heterocycles. The second kappa shape index (κ2) is 5.27. The van der Waals surface area contributed by atoms with Gasteiger partial charge < -0.3 is 10.4 Å². The minimum atomic E-state index is 0.403. The van der Waals surface area contributed by atoms with Gasteiger partial charge in [-0.3, -0.25) is 0 Å². The standard InChI is InChI=1S/C15H27NO/c17-10-14-3-1-2-13(14)8-16-9-15-7-11-4-5-12(15)6-11/h11-17H,1-10H2. The Hall–Kier alpha value is -0.0800. The van der Waals surface area contributed by atoms with Crippen molar-refractivity contribution >= 4 is 0 Å². The number of aliphatic hydroxyl groups excluding tert-OH is 1. The van der Waals surface area contributed by atoms with Crippen molar-refractivity contribution in [3.8, 4) is 0 Å². The highest BCUT2D eigenvalue weighted by Crippen LogP contribution is 2.47. The molecule has 2 N–H and O–H groups in total. The van der Waals surface area contributed by atoms with Crippen molar-refractivity contribution < 1.29 is 5.11 Å². The van der Waals surface area contributed by atoms with Crippen molar-refractivity contribution in [3.05, 3.63) is 0 Å². The zero-order valence-electron chi connectivity index (χ0n) is 10.9. The lowest BCUT2D eigenvalue weighted by Gasteiger charge is -2.24. The monoisotopic (exact) mass is 237 g/mol. The van der Waals surface area contributed by atoms with Crippen LogP contribution in [0, 0.1) is 29.6 Å². The fourth-order valence-electron chi connectivity index (χ4n) is 4.70. The Morgan fingerprint density at radius 1 is 0.882 bits per heavy atom. The van der Waals surface area contributed by atoms with Gasteiger partial charge in [-0.15, -0.1) is 0 Å². The first-order valence-corrected chi connectivity index (χ1v) is 7.68. The second-order valence-corrected chi connectivity index (χ2v) is 6.73. The minimum Gasteiger partial charge on any atom is -0.396 e. The molecule has 2 bridgehead atoms. The van der Waals surface area contributed by atoms with Gasteiger partial charge in [0.1, 0.15) is 0 Å². The Balaban J connectivity index is 1.37. The molecule has 5 atom stereocenters. The number of rotatable bonds is 5. The van der Waals surface area contributed by atoms with Gasteiger partial charge in [-0.2, -0.15) is 0 Å². The molecular weight excluding hydrogens is 210 g/mol. The van der Waals surface area contributed by atoms with Crippen molar-refractivity contribution in [2.45, 2.75) is 44.9 Å². The van der Waals surface area contributed by atoms with E-state index in [-0.39, 0.29) is 0 Å². The van der Waals surface area contributed by atoms with Gasteiger partial charge in [0, 0.05) is 6.61 Å². The summed E-state index contributed by atoms with van der Waals surface area (Å²) in [5.74, 6) is 4.43. The quantitative estimate of drug-likeness (QED) is 0.769. The summed E-state index contributed by atoms with van der Waals surface area (Å²) in [4.78, 5) is 0. The van der Waals surface area contributed by atoms with Crippen molar-refractivity contribution in [1.29, 1.82) is 0 Å². The van der Waals surface area contributed by atoms with Gasteiger partial charge in [-0.1, -0.05) is 12.8 Å². The first-order valence-electron chi connectivity index (χ1n) is 7.68. The number of hydrogen-bond donors (Lipinski definition) is 2. The minimum absolute atomic E-state index is 0.403. The molecule has 0 aromatic rings. The van der Waals surface area contributed by atoms with Gasteiger partial charge in [0.25, 0.3) is 0 Å². The van der Waals surface area contributed by atoms with Crippen molar-refractivity contribution in [1.82, 2.24) is 5.32 Å². The Labute approximate surface area is 105 Å². The molecule has 0 amide bonds. The third-order valence-electron chi connectivity index (χ3n) is 5.75. The Morgan fingerprint density at radius 2 is 1.71 bits per heavy atom. The fraction of sp³-hybridized carbons (Fsp3) is 1.00. The van der Waals surface area contributed by atoms with E-state index in [2.05, 4.69) is 5.32 Å². The fourth-order valence-corrected chi connectivity index (χ4v) is 4.70. The van der Waals surface area contributed by atoms with Gasteiger partial charge in [0.2, 0.25) is 0 Å². The number of nitrogens with one attached hydrogen (secondary N) is 1. The zero-order chi connectivity index (χ0) is 11.7. The van der Waals surface area contributed by atoms with E-state index < -0.39 is 0 Å². The van der Waals surface area contributed by atoms with Crippen LogP contribution in [0.3, 0.4) is 0 Å². The van der Waals surface area contributed by atoms with Crippen LogP contribution in [0.2, 0.25) is 0 Å². The molecule has 3 aliphatic rings. The SMILES string of the molecule is OCC1CCCC1CNCC1CC2CCC1C2. The summed E-state index contributed by atoms with van der Waals surface area (Å²) in [5.41, 5.74) is 0. The topological polar surface area (TPSA) is 32.3 Å². The molecule has 3 aliphatic carbocycles. The molecule has 3 rings (SSSR count). The average Bonchev–Trinajstić information content (AvgIpc) is 3.04. The molecule has 0 aliphatic heterocycles. The maximum atomic E-state index is 9.31. The highest BCUT2D eigenvalue weighted by atomic mass is 16.3. The van der Waals surface area contributed by atoms with Crippen LogP contribution < -0.4 is 5.32 Å². The van der Waals surface area contributed by atoms with Crippen LogP contribution in [-0.4, -0.2) is 24.8 Å². The van der Waals surface area contributed by atoms with E-state index >= 15 is 0 Å². The molecule has 98 valence electrons. The van der Waals surface area contributed by atoms with Crippen LogP contribution in [0.15, 0.2) is 0 Å². The summed E-state index contributed by atoms with van der Waals surface area (Å²) >= 11 is 0. The molecule has 0 aromatic carbocycles. The van der Waals surface area contributed by atoms with Crippen LogP contribution in [0.4, 0.5) is 0 Å².